The van der Waals surface area contributed by atoms with Crippen LogP contribution in [0.3, 0.4) is 0 Å². The maximum absolute atomic E-state index is 12.4. The highest BCUT2D eigenvalue weighted by Gasteiger charge is 2.24. The summed E-state index contributed by atoms with van der Waals surface area (Å²) in [4.78, 5) is 31.8. The lowest BCUT2D eigenvalue weighted by Crippen LogP contribution is -2.41. The van der Waals surface area contributed by atoms with Crippen molar-refractivity contribution < 1.29 is 23.7 Å². The minimum absolute atomic E-state index is 0.160. The molecule has 0 saturated carbocycles. The van der Waals surface area contributed by atoms with Gasteiger partial charge >= 0.3 is 7.82 Å². The zero-order chi connectivity index (χ0) is 22.2. The van der Waals surface area contributed by atoms with E-state index in [1.807, 2.05) is 12.1 Å². The number of carbonyl (C=O) groups excluding carboxylic acids is 1. The fraction of sp³-hybridized carbons (Fsp3) is 0.500. The number of carbonyl (C=O) groups is 1. The third-order valence-electron chi connectivity index (χ3n) is 4.99. The number of aryl methyl sites for hydroxylation is 3. The highest BCUT2D eigenvalue weighted by molar-refractivity contribution is 7.46. The lowest BCUT2D eigenvalue weighted by atomic mass is 9.98. The molecule has 1 heterocycles. The van der Waals surface area contributed by atoms with E-state index in [9.17, 15) is 9.36 Å². The van der Waals surface area contributed by atoms with Crippen LogP contribution in [0.1, 0.15) is 65.2 Å². The van der Waals surface area contributed by atoms with Crippen molar-refractivity contribution in [3.8, 4) is 0 Å². The van der Waals surface area contributed by atoms with Gasteiger partial charge in [0.25, 0.3) is 0 Å². The Labute approximate surface area is 182 Å². The average Bonchev–Trinajstić information content (AvgIpc) is 3.17. The first-order valence-corrected chi connectivity index (χ1v) is 12.6. The molecule has 0 saturated heterocycles. The van der Waals surface area contributed by atoms with Crippen LogP contribution < -0.4 is 5.73 Å². The minimum Gasteiger partial charge on any atom is -0.323 e. The molecule has 0 aliphatic carbocycles. The molecule has 1 aromatic heterocycles. The molecule has 166 valence electrons. The first-order valence-electron chi connectivity index (χ1n) is 10.3. The molecule has 0 spiro atoms. The van der Waals surface area contributed by atoms with Crippen LogP contribution in [-0.4, -0.2) is 27.7 Å². The lowest BCUT2D eigenvalue weighted by molar-refractivity contribution is 0.0983. The van der Waals surface area contributed by atoms with E-state index in [1.54, 1.807) is 6.92 Å². The number of unbranched alkanes of at least 4 members (excludes halogenated alkanes) is 1. The Hall–Kier alpha value is -1.34. The summed E-state index contributed by atoms with van der Waals surface area (Å²) < 4.78 is 15.3. The van der Waals surface area contributed by atoms with E-state index < -0.39 is 13.4 Å². The van der Waals surface area contributed by atoms with Gasteiger partial charge in [-0.15, -0.1) is 11.3 Å². The molecule has 8 heteroatoms. The topological polar surface area (TPSA) is 110 Å². The number of ketones is 1. The largest absolute Gasteiger partial charge is 0.469 e. The molecule has 1 unspecified atom stereocenters. The summed E-state index contributed by atoms with van der Waals surface area (Å²) in [7, 11) is -4.53. The number of thiophene rings is 1. The van der Waals surface area contributed by atoms with Gasteiger partial charge in [0.2, 0.25) is 0 Å². The van der Waals surface area contributed by atoms with Crippen LogP contribution in [0.4, 0.5) is 0 Å². The molecule has 6 nitrogen and oxygen atoms in total. The molecule has 1 aromatic carbocycles. The molecule has 0 aliphatic rings. The number of benzene rings is 1. The first-order chi connectivity index (χ1) is 14.1. The molecular weight excluding hydrogens is 421 g/mol. The normalized spacial score (nSPS) is 13.9. The Bertz CT molecular complexity index is 857. The van der Waals surface area contributed by atoms with Crippen LogP contribution in [0.25, 0.3) is 0 Å². The second-order valence-corrected chi connectivity index (χ2v) is 10.4. The van der Waals surface area contributed by atoms with E-state index in [0.717, 1.165) is 35.4 Å². The number of rotatable bonds is 13. The maximum Gasteiger partial charge on any atom is 0.469 e. The summed E-state index contributed by atoms with van der Waals surface area (Å²) in [6, 6.07) is 12.4. The predicted octanol–water partition coefficient (Wildman–Crippen LogP) is 4.67. The van der Waals surface area contributed by atoms with E-state index in [0.29, 0.717) is 19.3 Å². The Morgan fingerprint density at radius 2 is 1.77 bits per heavy atom. The zero-order valence-electron chi connectivity index (χ0n) is 17.7. The van der Waals surface area contributed by atoms with Crippen LogP contribution in [-0.2, 0) is 28.4 Å². The van der Waals surface area contributed by atoms with Crippen LogP contribution in [0.15, 0.2) is 36.4 Å². The number of phosphoric acid groups is 1. The Morgan fingerprint density at radius 3 is 2.40 bits per heavy atom. The minimum atomic E-state index is -4.53. The van der Waals surface area contributed by atoms with Gasteiger partial charge in [0.15, 0.2) is 5.78 Å². The van der Waals surface area contributed by atoms with Crippen LogP contribution >= 0.6 is 19.2 Å². The molecule has 1 atom stereocenters. The quantitative estimate of drug-likeness (QED) is 0.231. The summed E-state index contributed by atoms with van der Waals surface area (Å²) in [6.07, 6.45) is 5.55. The van der Waals surface area contributed by atoms with Gasteiger partial charge in [0.05, 0.1) is 11.5 Å². The summed E-state index contributed by atoms with van der Waals surface area (Å²) in [6.45, 7) is 3.61. The molecule has 0 aliphatic heterocycles. The molecule has 4 N–H and O–H groups in total. The monoisotopic (exact) mass is 453 g/mol. The van der Waals surface area contributed by atoms with Gasteiger partial charge in [-0.3, -0.25) is 9.32 Å². The summed E-state index contributed by atoms with van der Waals surface area (Å²) in [5.41, 5.74) is 7.85. The molecule has 0 bridgehead atoms. The predicted molar refractivity (Wildman–Crippen MR) is 121 cm³/mol. The van der Waals surface area contributed by atoms with Gasteiger partial charge in [-0.1, -0.05) is 31.2 Å². The van der Waals surface area contributed by atoms with Crippen molar-refractivity contribution in [2.45, 2.75) is 64.3 Å². The number of phosphoric ester groups is 1. The van der Waals surface area contributed by atoms with E-state index in [4.69, 9.17) is 15.5 Å². The number of hydrogen-bond acceptors (Lipinski definition) is 5. The van der Waals surface area contributed by atoms with Crippen molar-refractivity contribution in [2.24, 2.45) is 5.73 Å². The zero-order valence-corrected chi connectivity index (χ0v) is 19.4. The van der Waals surface area contributed by atoms with Gasteiger partial charge in [0.1, 0.15) is 0 Å². The molecule has 0 fully saturated rings. The second kappa shape index (κ2) is 11.3. The SMILES string of the molecule is CCc1ccc(CCCCC(=O)c2ccc(CCC(C)(N)COP(=O)(O)O)s2)cc1. The van der Waals surface area contributed by atoms with Crippen molar-refractivity contribution >= 4 is 24.9 Å². The van der Waals surface area contributed by atoms with Crippen molar-refractivity contribution in [1.82, 2.24) is 0 Å². The molecule has 2 aromatic rings. The Balaban J connectivity index is 1.72. The van der Waals surface area contributed by atoms with Crippen molar-refractivity contribution in [1.29, 1.82) is 0 Å². The van der Waals surface area contributed by atoms with E-state index >= 15 is 0 Å². The molecule has 0 radical (unpaired) electrons. The summed E-state index contributed by atoms with van der Waals surface area (Å²) in [5.74, 6) is 0.160. The van der Waals surface area contributed by atoms with Gasteiger partial charge in [-0.25, -0.2) is 4.57 Å². The Morgan fingerprint density at radius 1 is 1.10 bits per heavy atom. The molecule has 30 heavy (non-hydrogen) atoms. The fourth-order valence-electron chi connectivity index (χ4n) is 3.05. The first kappa shape index (κ1) is 24.9. The van der Waals surface area contributed by atoms with E-state index in [2.05, 4.69) is 35.7 Å². The standard InChI is InChI=1S/C22H32NO5PS/c1-3-17-8-10-18(11-9-17)6-4-5-7-20(24)21-13-12-19(30-21)14-15-22(2,23)16-28-29(25,26)27/h8-13H,3-7,14-16,23H2,1-2H3,(H2,25,26,27). The smallest absolute Gasteiger partial charge is 0.323 e. The van der Waals surface area contributed by atoms with E-state index in [1.165, 1.54) is 22.5 Å². The number of Topliss-reactive ketones (excluding diaryl/α,β-unsaturated/α-hetero) is 1. The van der Waals surface area contributed by atoms with Crippen LogP contribution in [0, 0.1) is 0 Å². The fourth-order valence-corrected chi connectivity index (χ4v) is 4.49. The van der Waals surface area contributed by atoms with E-state index in [-0.39, 0.29) is 12.4 Å². The van der Waals surface area contributed by atoms with Crippen molar-refractivity contribution in [2.75, 3.05) is 6.61 Å². The van der Waals surface area contributed by atoms with Gasteiger partial charge < -0.3 is 15.5 Å². The van der Waals surface area contributed by atoms with Gasteiger partial charge in [0, 0.05) is 16.8 Å². The highest BCUT2D eigenvalue weighted by Crippen LogP contribution is 2.37. The van der Waals surface area contributed by atoms with Crippen molar-refractivity contribution in [3.63, 3.8) is 0 Å². The molecular formula is C22H32NO5PS. The Kier molecular flexibility index (Phi) is 9.41. The third-order valence-corrected chi connectivity index (χ3v) is 6.64. The molecule has 2 rings (SSSR count). The maximum atomic E-state index is 12.4. The second-order valence-electron chi connectivity index (χ2n) is 7.98. The highest BCUT2D eigenvalue weighted by atomic mass is 32.1. The third kappa shape index (κ3) is 9.21. The van der Waals surface area contributed by atoms with Gasteiger partial charge in [-0.2, -0.15) is 0 Å². The summed E-state index contributed by atoms with van der Waals surface area (Å²) in [5, 5.41) is 0. The van der Waals surface area contributed by atoms with Crippen molar-refractivity contribution in [3.05, 3.63) is 57.3 Å². The average molecular weight is 454 g/mol. The number of nitrogens with two attached hydrogens (primary N) is 1. The number of hydrogen-bond donors (Lipinski definition) is 3. The molecule has 0 amide bonds. The lowest BCUT2D eigenvalue weighted by Gasteiger charge is -2.24. The summed E-state index contributed by atoms with van der Waals surface area (Å²) >= 11 is 1.46. The van der Waals surface area contributed by atoms with Crippen LogP contribution in [0.5, 0.6) is 0 Å². The van der Waals surface area contributed by atoms with Crippen LogP contribution in [0.2, 0.25) is 0 Å². The van der Waals surface area contributed by atoms with Gasteiger partial charge in [-0.05, 0) is 68.7 Å².